The third-order valence-electron chi connectivity index (χ3n) is 2.62. The molecule has 104 valence electrons. The molecule has 1 rings (SSSR count). The maximum Gasteiger partial charge on any atom is 0.260 e. The van der Waals surface area contributed by atoms with Crippen LogP contribution in [0.5, 0.6) is 5.75 Å². The van der Waals surface area contributed by atoms with E-state index in [-0.39, 0.29) is 25.0 Å². The number of carbonyl (C=O) groups is 2. The zero-order valence-corrected chi connectivity index (χ0v) is 11.2. The molecule has 1 aromatic rings. The molecule has 0 bridgehead atoms. The number of anilines is 1. The Labute approximate surface area is 112 Å². The minimum Gasteiger partial charge on any atom is -0.482 e. The summed E-state index contributed by atoms with van der Waals surface area (Å²) in [7, 11) is 1.53. The van der Waals surface area contributed by atoms with Crippen LogP contribution in [0.15, 0.2) is 24.3 Å². The third kappa shape index (κ3) is 4.50. The van der Waals surface area contributed by atoms with Gasteiger partial charge in [-0.1, -0.05) is 12.1 Å². The standard InChI is InChI=1S/C13H19N3O3/c1-3-16(8-12(17)15-2)13(18)9-19-11-7-5-4-6-10(11)14/h4-7H,3,8-9,14H2,1-2H3,(H,15,17). The summed E-state index contributed by atoms with van der Waals surface area (Å²) in [6.45, 7) is 2.14. The van der Waals surface area contributed by atoms with Crippen LogP contribution in [0.2, 0.25) is 0 Å². The van der Waals surface area contributed by atoms with Gasteiger partial charge in [-0.3, -0.25) is 9.59 Å². The van der Waals surface area contributed by atoms with E-state index >= 15 is 0 Å². The van der Waals surface area contributed by atoms with Gasteiger partial charge in [-0.25, -0.2) is 0 Å². The van der Waals surface area contributed by atoms with Gasteiger partial charge in [0, 0.05) is 13.6 Å². The number of para-hydroxylation sites is 2. The van der Waals surface area contributed by atoms with Gasteiger partial charge < -0.3 is 20.7 Å². The number of benzene rings is 1. The van der Waals surface area contributed by atoms with Crippen molar-refractivity contribution in [3.8, 4) is 5.75 Å². The first kappa shape index (κ1) is 14.8. The molecule has 0 heterocycles. The summed E-state index contributed by atoms with van der Waals surface area (Å²) in [6, 6.07) is 6.95. The minimum absolute atomic E-state index is 0.0272. The van der Waals surface area contributed by atoms with Crippen molar-refractivity contribution in [2.75, 3.05) is 32.5 Å². The number of likely N-dealkylation sites (N-methyl/N-ethyl adjacent to an activating group) is 2. The molecule has 0 fully saturated rings. The molecule has 0 saturated heterocycles. The lowest BCUT2D eigenvalue weighted by Gasteiger charge is -2.20. The Morgan fingerprint density at radius 3 is 2.63 bits per heavy atom. The summed E-state index contributed by atoms with van der Waals surface area (Å²) in [6.07, 6.45) is 0. The Hall–Kier alpha value is -2.24. The quantitative estimate of drug-likeness (QED) is 0.722. The van der Waals surface area contributed by atoms with E-state index in [1.807, 2.05) is 0 Å². The SMILES string of the molecule is CCN(CC(=O)NC)C(=O)COc1ccccc1N. The highest BCUT2D eigenvalue weighted by Crippen LogP contribution is 2.19. The van der Waals surface area contributed by atoms with Gasteiger partial charge in [-0.15, -0.1) is 0 Å². The van der Waals surface area contributed by atoms with Crippen molar-refractivity contribution in [1.29, 1.82) is 0 Å². The molecule has 2 amide bonds. The van der Waals surface area contributed by atoms with E-state index in [1.165, 1.54) is 11.9 Å². The minimum atomic E-state index is -0.255. The van der Waals surface area contributed by atoms with E-state index < -0.39 is 0 Å². The van der Waals surface area contributed by atoms with Gasteiger partial charge >= 0.3 is 0 Å². The van der Waals surface area contributed by atoms with Gasteiger partial charge in [0.2, 0.25) is 5.91 Å². The molecule has 0 aliphatic heterocycles. The van der Waals surface area contributed by atoms with E-state index in [2.05, 4.69) is 5.32 Å². The van der Waals surface area contributed by atoms with Crippen LogP contribution < -0.4 is 15.8 Å². The second-order valence-electron chi connectivity index (χ2n) is 3.91. The van der Waals surface area contributed by atoms with E-state index in [0.717, 1.165) is 0 Å². The van der Waals surface area contributed by atoms with Gasteiger partial charge in [0.1, 0.15) is 5.75 Å². The van der Waals surface area contributed by atoms with Crippen LogP contribution in [0, 0.1) is 0 Å². The molecule has 6 heteroatoms. The van der Waals surface area contributed by atoms with Gasteiger partial charge in [0.25, 0.3) is 5.91 Å². The van der Waals surface area contributed by atoms with Gasteiger partial charge in [-0.05, 0) is 19.1 Å². The number of hydrogen-bond acceptors (Lipinski definition) is 4. The summed E-state index contributed by atoms with van der Waals surface area (Å²) in [5, 5.41) is 2.47. The van der Waals surface area contributed by atoms with Crippen molar-refractivity contribution in [2.45, 2.75) is 6.92 Å². The van der Waals surface area contributed by atoms with E-state index in [0.29, 0.717) is 18.0 Å². The highest BCUT2D eigenvalue weighted by atomic mass is 16.5. The molecule has 0 unspecified atom stereocenters. The molecule has 0 aliphatic carbocycles. The Morgan fingerprint density at radius 1 is 1.37 bits per heavy atom. The maximum atomic E-state index is 11.9. The van der Waals surface area contributed by atoms with E-state index in [9.17, 15) is 9.59 Å². The number of nitrogen functional groups attached to an aromatic ring is 1. The lowest BCUT2D eigenvalue weighted by Crippen LogP contribution is -2.41. The highest BCUT2D eigenvalue weighted by Gasteiger charge is 2.15. The van der Waals surface area contributed by atoms with Crippen LogP contribution in [0.3, 0.4) is 0 Å². The molecule has 0 saturated carbocycles. The summed E-state index contributed by atoms with van der Waals surface area (Å²) in [5.74, 6) is -0.00405. The van der Waals surface area contributed by atoms with Crippen molar-refractivity contribution in [3.05, 3.63) is 24.3 Å². The second-order valence-corrected chi connectivity index (χ2v) is 3.91. The van der Waals surface area contributed by atoms with Crippen LogP contribution in [-0.2, 0) is 9.59 Å². The van der Waals surface area contributed by atoms with Gasteiger partial charge in [0.05, 0.1) is 12.2 Å². The van der Waals surface area contributed by atoms with Crippen molar-refractivity contribution in [3.63, 3.8) is 0 Å². The molecular weight excluding hydrogens is 246 g/mol. The number of nitrogens with one attached hydrogen (secondary N) is 1. The molecule has 19 heavy (non-hydrogen) atoms. The fraction of sp³-hybridized carbons (Fsp3) is 0.385. The fourth-order valence-corrected chi connectivity index (χ4v) is 1.47. The Kier molecular flexibility index (Phi) is 5.66. The normalized spacial score (nSPS) is 9.79. The highest BCUT2D eigenvalue weighted by molar-refractivity contribution is 5.85. The molecular formula is C13H19N3O3. The Morgan fingerprint density at radius 2 is 2.05 bits per heavy atom. The maximum absolute atomic E-state index is 11.9. The first-order chi connectivity index (χ1) is 9.08. The third-order valence-corrected chi connectivity index (χ3v) is 2.62. The fourth-order valence-electron chi connectivity index (χ4n) is 1.47. The number of hydrogen-bond donors (Lipinski definition) is 2. The van der Waals surface area contributed by atoms with Crippen molar-refractivity contribution in [1.82, 2.24) is 10.2 Å². The first-order valence-electron chi connectivity index (χ1n) is 6.04. The van der Waals surface area contributed by atoms with E-state index in [4.69, 9.17) is 10.5 Å². The monoisotopic (exact) mass is 265 g/mol. The molecule has 0 radical (unpaired) electrons. The van der Waals surface area contributed by atoms with Crippen LogP contribution in [-0.4, -0.2) is 43.5 Å². The second kappa shape index (κ2) is 7.25. The number of carbonyl (C=O) groups excluding carboxylic acids is 2. The molecule has 1 aromatic carbocycles. The summed E-state index contributed by atoms with van der Waals surface area (Å²) in [5.41, 5.74) is 6.18. The zero-order valence-electron chi connectivity index (χ0n) is 11.2. The summed E-state index contributed by atoms with van der Waals surface area (Å²) in [4.78, 5) is 24.6. The number of ether oxygens (including phenoxy) is 1. The van der Waals surface area contributed by atoms with Crippen molar-refractivity contribution in [2.24, 2.45) is 0 Å². The zero-order chi connectivity index (χ0) is 14.3. The number of nitrogens with two attached hydrogens (primary N) is 1. The first-order valence-corrected chi connectivity index (χ1v) is 6.04. The van der Waals surface area contributed by atoms with Crippen LogP contribution in [0.25, 0.3) is 0 Å². The molecule has 6 nitrogen and oxygen atoms in total. The van der Waals surface area contributed by atoms with Crippen molar-refractivity contribution < 1.29 is 14.3 Å². The predicted molar refractivity (Wildman–Crippen MR) is 72.7 cm³/mol. The Bertz CT molecular complexity index is 449. The number of amides is 2. The molecule has 0 spiro atoms. The van der Waals surface area contributed by atoms with Gasteiger partial charge in [-0.2, -0.15) is 0 Å². The summed E-state index contributed by atoms with van der Waals surface area (Å²) < 4.78 is 5.35. The molecule has 0 atom stereocenters. The van der Waals surface area contributed by atoms with Crippen LogP contribution >= 0.6 is 0 Å². The predicted octanol–water partition coefficient (Wildman–Crippen LogP) is 0.242. The smallest absolute Gasteiger partial charge is 0.260 e. The lowest BCUT2D eigenvalue weighted by atomic mass is 10.3. The molecule has 0 aromatic heterocycles. The van der Waals surface area contributed by atoms with E-state index in [1.54, 1.807) is 31.2 Å². The van der Waals surface area contributed by atoms with Crippen molar-refractivity contribution >= 4 is 17.5 Å². The average molecular weight is 265 g/mol. The number of rotatable bonds is 6. The van der Waals surface area contributed by atoms with Gasteiger partial charge in [0.15, 0.2) is 6.61 Å². The van der Waals surface area contributed by atoms with Crippen LogP contribution in [0.4, 0.5) is 5.69 Å². The molecule has 3 N–H and O–H groups in total. The lowest BCUT2D eigenvalue weighted by molar-refractivity contribution is -0.137. The number of nitrogens with zero attached hydrogens (tertiary/aromatic N) is 1. The largest absolute Gasteiger partial charge is 0.482 e. The van der Waals surface area contributed by atoms with Crippen LogP contribution in [0.1, 0.15) is 6.92 Å². The summed E-state index contributed by atoms with van der Waals surface area (Å²) >= 11 is 0. The Balaban J connectivity index is 2.54. The molecule has 0 aliphatic rings. The average Bonchev–Trinajstić information content (AvgIpc) is 2.43. The topological polar surface area (TPSA) is 84.7 Å².